The van der Waals surface area contributed by atoms with E-state index in [4.69, 9.17) is 9.47 Å². The van der Waals surface area contributed by atoms with Gasteiger partial charge in [-0.2, -0.15) is 0 Å². The summed E-state index contributed by atoms with van der Waals surface area (Å²) in [5.74, 6) is 1.46. The van der Waals surface area contributed by atoms with E-state index < -0.39 is 0 Å². The SMILES string of the molecule is Brc1cccnc1COC1CCC(c2cccc(OCc3ccccc3)c2)C1. The predicted molar refractivity (Wildman–Crippen MR) is 114 cm³/mol. The molecule has 1 aliphatic carbocycles. The standard InChI is InChI=1S/C24H24BrNO2/c25-23-10-5-13-26-24(23)17-28-22-12-11-20(15-22)19-8-4-9-21(14-19)27-16-18-6-2-1-3-7-18/h1-10,13-14,20,22H,11-12,15-17H2. The second-order valence-electron chi connectivity index (χ2n) is 7.22. The first-order valence-electron chi connectivity index (χ1n) is 9.75. The number of hydrogen-bond acceptors (Lipinski definition) is 3. The molecule has 0 radical (unpaired) electrons. The summed E-state index contributed by atoms with van der Waals surface area (Å²) in [7, 11) is 0. The van der Waals surface area contributed by atoms with Crippen LogP contribution in [0.5, 0.6) is 5.75 Å². The lowest BCUT2D eigenvalue weighted by molar-refractivity contribution is 0.0425. The molecule has 4 rings (SSSR count). The minimum atomic E-state index is 0.285. The largest absolute Gasteiger partial charge is 0.489 e. The van der Waals surface area contributed by atoms with Gasteiger partial charge in [-0.05, 0) is 76.5 Å². The van der Waals surface area contributed by atoms with Gasteiger partial charge in [-0.15, -0.1) is 0 Å². The van der Waals surface area contributed by atoms with E-state index in [0.717, 1.165) is 35.2 Å². The summed E-state index contributed by atoms with van der Waals surface area (Å²) >= 11 is 3.54. The molecule has 3 nitrogen and oxygen atoms in total. The molecule has 0 aliphatic heterocycles. The molecule has 0 amide bonds. The van der Waals surface area contributed by atoms with Crippen molar-refractivity contribution >= 4 is 15.9 Å². The zero-order chi connectivity index (χ0) is 19.2. The molecule has 1 saturated carbocycles. The molecule has 1 heterocycles. The van der Waals surface area contributed by atoms with E-state index in [1.807, 2.05) is 42.6 Å². The minimum Gasteiger partial charge on any atom is -0.489 e. The van der Waals surface area contributed by atoms with Crippen molar-refractivity contribution < 1.29 is 9.47 Å². The molecule has 2 aromatic carbocycles. The second kappa shape index (κ2) is 9.35. The average Bonchev–Trinajstić information content (AvgIpc) is 3.22. The third-order valence-electron chi connectivity index (χ3n) is 5.25. The van der Waals surface area contributed by atoms with E-state index in [9.17, 15) is 0 Å². The third kappa shape index (κ3) is 5.00. The zero-order valence-electron chi connectivity index (χ0n) is 15.8. The van der Waals surface area contributed by atoms with Gasteiger partial charge in [0.15, 0.2) is 0 Å². The highest BCUT2D eigenvalue weighted by Gasteiger charge is 2.27. The van der Waals surface area contributed by atoms with Crippen molar-refractivity contribution in [1.82, 2.24) is 4.98 Å². The highest BCUT2D eigenvalue weighted by Crippen LogP contribution is 2.37. The number of aromatic nitrogens is 1. The van der Waals surface area contributed by atoms with Crippen LogP contribution in [0.2, 0.25) is 0 Å². The summed E-state index contributed by atoms with van der Waals surface area (Å²) in [5, 5.41) is 0. The van der Waals surface area contributed by atoms with E-state index in [1.54, 1.807) is 0 Å². The lowest BCUT2D eigenvalue weighted by atomic mass is 9.97. The quantitative estimate of drug-likeness (QED) is 0.435. The number of halogens is 1. The van der Waals surface area contributed by atoms with E-state index >= 15 is 0 Å². The molecule has 1 aliphatic rings. The summed E-state index contributed by atoms with van der Waals surface area (Å²) in [6, 6.07) is 22.7. The maximum absolute atomic E-state index is 6.13. The van der Waals surface area contributed by atoms with Gasteiger partial charge in [0.2, 0.25) is 0 Å². The first kappa shape index (κ1) is 19.2. The topological polar surface area (TPSA) is 31.4 Å². The van der Waals surface area contributed by atoms with Crippen LogP contribution in [-0.4, -0.2) is 11.1 Å². The number of nitrogens with zero attached hydrogens (tertiary/aromatic N) is 1. The van der Waals surface area contributed by atoms with Gasteiger partial charge in [0.1, 0.15) is 12.4 Å². The summed E-state index contributed by atoms with van der Waals surface area (Å²) in [5.41, 5.74) is 3.49. The van der Waals surface area contributed by atoms with Crippen molar-refractivity contribution in [3.8, 4) is 5.75 Å². The van der Waals surface area contributed by atoms with Gasteiger partial charge in [-0.25, -0.2) is 0 Å². The van der Waals surface area contributed by atoms with E-state index in [0.29, 0.717) is 19.1 Å². The summed E-state index contributed by atoms with van der Waals surface area (Å²) in [6.07, 6.45) is 5.38. The molecule has 1 fully saturated rings. The monoisotopic (exact) mass is 437 g/mol. The van der Waals surface area contributed by atoms with Gasteiger partial charge in [0, 0.05) is 10.7 Å². The Balaban J connectivity index is 1.32. The molecule has 1 aromatic heterocycles. The van der Waals surface area contributed by atoms with Crippen LogP contribution in [-0.2, 0) is 18.0 Å². The molecular weight excluding hydrogens is 414 g/mol. The minimum absolute atomic E-state index is 0.285. The molecule has 3 aromatic rings. The Morgan fingerprint density at radius 2 is 1.82 bits per heavy atom. The number of pyridine rings is 1. The number of benzene rings is 2. The number of hydrogen-bond donors (Lipinski definition) is 0. The molecule has 2 unspecified atom stereocenters. The van der Waals surface area contributed by atoms with E-state index in [2.05, 4.69) is 51.2 Å². The van der Waals surface area contributed by atoms with Gasteiger partial charge < -0.3 is 9.47 Å². The molecule has 0 spiro atoms. The highest BCUT2D eigenvalue weighted by atomic mass is 79.9. The zero-order valence-corrected chi connectivity index (χ0v) is 17.3. The fourth-order valence-electron chi connectivity index (χ4n) is 3.71. The van der Waals surface area contributed by atoms with Gasteiger partial charge in [0.25, 0.3) is 0 Å². The Morgan fingerprint density at radius 1 is 0.929 bits per heavy atom. The Morgan fingerprint density at radius 3 is 2.68 bits per heavy atom. The third-order valence-corrected chi connectivity index (χ3v) is 5.97. The van der Waals surface area contributed by atoms with Crippen molar-refractivity contribution in [3.05, 3.63) is 94.2 Å². The lowest BCUT2D eigenvalue weighted by Gasteiger charge is -2.14. The van der Waals surface area contributed by atoms with E-state index in [-0.39, 0.29) is 6.10 Å². The van der Waals surface area contributed by atoms with Crippen LogP contribution in [0.3, 0.4) is 0 Å². The first-order valence-corrected chi connectivity index (χ1v) is 10.5. The molecule has 0 N–H and O–H groups in total. The average molecular weight is 438 g/mol. The first-order chi connectivity index (χ1) is 13.8. The van der Waals surface area contributed by atoms with Gasteiger partial charge in [-0.1, -0.05) is 42.5 Å². The van der Waals surface area contributed by atoms with Crippen molar-refractivity contribution in [3.63, 3.8) is 0 Å². The second-order valence-corrected chi connectivity index (χ2v) is 8.08. The predicted octanol–water partition coefficient (Wildman–Crippen LogP) is 6.28. The van der Waals surface area contributed by atoms with Crippen LogP contribution in [0, 0.1) is 0 Å². The van der Waals surface area contributed by atoms with Gasteiger partial charge in [0.05, 0.1) is 18.4 Å². The van der Waals surface area contributed by atoms with Crippen molar-refractivity contribution in [2.75, 3.05) is 0 Å². The van der Waals surface area contributed by atoms with Crippen LogP contribution in [0.4, 0.5) is 0 Å². The molecule has 0 bridgehead atoms. The Labute approximate surface area is 174 Å². The van der Waals surface area contributed by atoms with Crippen molar-refractivity contribution in [2.24, 2.45) is 0 Å². The highest BCUT2D eigenvalue weighted by molar-refractivity contribution is 9.10. The van der Waals surface area contributed by atoms with Crippen LogP contribution in [0.1, 0.15) is 42.0 Å². The summed E-state index contributed by atoms with van der Waals surface area (Å²) in [6.45, 7) is 1.15. The van der Waals surface area contributed by atoms with E-state index in [1.165, 1.54) is 11.1 Å². The van der Waals surface area contributed by atoms with Crippen LogP contribution >= 0.6 is 15.9 Å². The smallest absolute Gasteiger partial charge is 0.120 e. The number of rotatable bonds is 7. The molecule has 28 heavy (non-hydrogen) atoms. The maximum Gasteiger partial charge on any atom is 0.120 e. The molecule has 2 atom stereocenters. The summed E-state index contributed by atoms with van der Waals surface area (Å²) in [4.78, 5) is 4.39. The van der Waals surface area contributed by atoms with Crippen LogP contribution in [0.25, 0.3) is 0 Å². The van der Waals surface area contributed by atoms with Gasteiger partial charge >= 0.3 is 0 Å². The number of ether oxygens (including phenoxy) is 2. The normalized spacial score (nSPS) is 18.9. The van der Waals surface area contributed by atoms with Crippen LogP contribution in [0.15, 0.2) is 77.4 Å². The van der Waals surface area contributed by atoms with Crippen molar-refractivity contribution in [2.45, 2.75) is 44.5 Å². The van der Waals surface area contributed by atoms with Crippen LogP contribution < -0.4 is 4.74 Å². The Kier molecular flexibility index (Phi) is 6.40. The summed E-state index contributed by atoms with van der Waals surface area (Å²) < 4.78 is 13.1. The lowest BCUT2D eigenvalue weighted by Crippen LogP contribution is -2.09. The maximum atomic E-state index is 6.13. The van der Waals surface area contributed by atoms with Crippen molar-refractivity contribution in [1.29, 1.82) is 0 Å². The molecule has 144 valence electrons. The van der Waals surface area contributed by atoms with Gasteiger partial charge in [-0.3, -0.25) is 4.98 Å². The fraction of sp³-hybridized carbons (Fsp3) is 0.292. The Bertz CT molecular complexity index is 900. The molecule has 0 saturated heterocycles. The molecule has 4 heteroatoms. The fourth-order valence-corrected chi connectivity index (χ4v) is 4.08. The Hall–Kier alpha value is -2.17. The molecular formula is C24H24BrNO2.